The normalized spacial score (nSPS) is 10.0. The molecule has 0 unspecified atom stereocenters. The molecule has 1 amide bonds. The Kier molecular flexibility index (Phi) is 3.71. The van der Waals surface area contributed by atoms with E-state index >= 15 is 0 Å². The number of nitrogen functional groups attached to an aromatic ring is 1. The summed E-state index contributed by atoms with van der Waals surface area (Å²) in [5.74, 6) is 0.463. The summed E-state index contributed by atoms with van der Waals surface area (Å²) in [4.78, 5) is 12.1. The molecular formula is C15H16N2O2. The fourth-order valence-electron chi connectivity index (χ4n) is 1.73. The molecule has 0 saturated heterocycles. The van der Waals surface area contributed by atoms with E-state index < -0.39 is 0 Å². The lowest BCUT2D eigenvalue weighted by Crippen LogP contribution is -2.13. The van der Waals surface area contributed by atoms with Gasteiger partial charge in [-0.1, -0.05) is 12.1 Å². The number of nitrogens with one attached hydrogen (secondary N) is 1. The average Bonchev–Trinajstić information content (AvgIpc) is 2.43. The van der Waals surface area contributed by atoms with Crippen molar-refractivity contribution in [2.75, 3.05) is 18.2 Å². The number of nitrogens with two attached hydrogens (primary N) is 1. The molecule has 0 aliphatic carbocycles. The quantitative estimate of drug-likeness (QED) is 0.830. The Labute approximate surface area is 112 Å². The van der Waals surface area contributed by atoms with Gasteiger partial charge in [-0.05, 0) is 42.8 Å². The molecule has 3 N–H and O–H groups in total. The van der Waals surface area contributed by atoms with Crippen LogP contribution < -0.4 is 15.8 Å². The number of rotatable bonds is 3. The number of anilines is 2. The van der Waals surface area contributed by atoms with Crippen LogP contribution in [0.3, 0.4) is 0 Å². The molecule has 0 spiro atoms. The third-order valence-electron chi connectivity index (χ3n) is 2.84. The van der Waals surface area contributed by atoms with Crippen LogP contribution in [0, 0.1) is 6.92 Å². The molecule has 2 aromatic rings. The summed E-state index contributed by atoms with van der Waals surface area (Å²) in [6.45, 7) is 1.92. The van der Waals surface area contributed by atoms with Gasteiger partial charge >= 0.3 is 0 Å². The number of hydrogen-bond acceptors (Lipinski definition) is 3. The molecule has 2 rings (SSSR count). The molecule has 98 valence electrons. The van der Waals surface area contributed by atoms with Crippen LogP contribution in [0.25, 0.3) is 0 Å². The molecule has 4 nitrogen and oxygen atoms in total. The molecule has 0 bridgehead atoms. The summed E-state index contributed by atoms with van der Waals surface area (Å²) >= 11 is 0. The zero-order valence-electron chi connectivity index (χ0n) is 10.9. The Bertz CT molecular complexity index is 609. The van der Waals surface area contributed by atoms with Gasteiger partial charge in [0.15, 0.2) is 0 Å². The second-order valence-electron chi connectivity index (χ2n) is 4.26. The van der Waals surface area contributed by atoms with Crippen molar-refractivity contribution in [1.29, 1.82) is 0 Å². The average molecular weight is 256 g/mol. The van der Waals surface area contributed by atoms with E-state index in [0.717, 1.165) is 5.56 Å². The molecule has 0 aromatic heterocycles. The minimum absolute atomic E-state index is 0.187. The van der Waals surface area contributed by atoms with Gasteiger partial charge in [-0.3, -0.25) is 4.79 Å². The molecule has 0 fully saturated rings. The topological polar surface area (TPSA) is 64.3 Å². The van der Waals surface area contributed by atoms with Crippen LogP contribution in [0.15, 0.2) is 42.5 Å². The summed E-state index contributed by atoms with van der Waals surface area (Å²) in [5, 5.41) is 2.84. The van der Waals surface area contributed by atoms with E-state index in [9.17, 15) is 4.79 Å². The highest BCUT2D eigenvalue weighted by atomic mass is 16.5. The van der Waals surface area contributed by atoms with Crippen molar-refractivity contribution in [3.63, 3.8) is 0 Å². The van der Waals surface area contributed by atoms with Gasteiger partial charge in [0.25, 0.3) is 5.91 Å². The van der Waals surface area contributed by atoms with E-state index in [0.29, 0.717) is 22.7 Å². The van der Waals surface area contributed by atoms with Crippen LogP contribution in [-0.4, -0.2) is 13.0 Å². The van der Waals surface area contributed by atoms with Crippen molar-refractivity contribution in [3.8, 4) is 5.75 Å². The van der Waals surface area contributed by atoms with Gasteiger partial charge in [0, 0.05) is 16.9 Å². The van der Waals surface area contributed by atoms with Gasteiger partial charge in [0.2, 0.25) is 0 Å². The van der Waals surface area contributed by atoms with Gasteiger partial charge < -0.3 is 15.8 Å². The van der Waals surface area contributed by atoms with Gasteiger partial charge in [-0.25, -0.2) is 0 Å². The van der Waals surface area contributed by atoms with E-state index in [1.54, 1.807) is 43.5 Å². The van der Waals surface area contributed by atoms with Gasteiger partial charge in [0.1, 0.15) is 5.75 Å². The zero-order chi connectivity index (χ0) is 13.8. The summed E-state index contributed by atoms with van der Waals surface area (Å²) in [7, 11) is 1.57. The highest BCUT2D eigenvalue weighted by molar-refractivity contribution is 6.05. The molecule has 0 atom stereocenters. The Balaban J connectivity index is 2.22. The van der Waals surface area contributed by atoms with Crippen molar-refractivity contribution in [2.45, 2.75) is 6.92 Å². The first kappa shape index (κ1) is 13.0. The first-order valence-electron chi connectivity index (χ1n) is 5.91. The van der Waals surface area contributed by atoms with E-state index in [4.69, 9.17) is 10.5 Å². The number of carbonyl (C=O) groups is 1. The smallest absolute Gasteiger partial charge is 0.255 e. The van der Waals surface area contributed by atoms with Crippen molar-refractivity contribution < 1.29 is 9.53 Å². The van der Waals surface area contributed by atoms with E-state index in [1.807, 2.05) is 13.0 Å². The first-order chi connectivity index (χ1) is 9.10. The van der Waals surface area contributed by atoms with Crippen LogP contribution in [0.2, 0.25) is 0 Å². The summed E-state index contributed by atoms with van der Waals surface area (Å²) in [5.41, 5.74) is 8.56. The van der Waals surface area contributed by atoms with Crippen molar-refractivity contribution in [3.05, 3.63) is 53.6 Å². The van der Waals surface area contributed by atoms with E-state index in [2.05, 4.69) is 5.32 Å². The molecule has 4 heteroatoms. The maximum absolute atomic E-state index is 12.1. The van der Waals surface area contributed by atoms with E-state index in [1.165, 1.54) is 0 Å². The second kappa shape index (κ2) is 5.44. The molecular weight excluding hydrogens is 240 g/mol. The molecule has 19 heavy (non-hydrogen) atoms. The fraction of sp³-hybridized carbons (Fsp3) is 0.133. The largest absolute Gasteiger partial charge is 0.497 e. The van der Waals surface area contributed by atoms with Crippen molar-refractivity contribution in [2.24, 2.45) is 0 Å². The number of carbonyl (C=O) groups excluding carboxylic acids is 1. The molecule has 0 aliphatic heterocycles. The van der Waals surface area contributed by atoms with Crippen molar-refractivity contribution in [1.82, 2.24) is 0 Å². The zero-order valence-corrected chi connectivity index (χ0v) is 10.9. The Morgan fingerprint density at radius 2 is 2.00 bits per heavy atom. The summed E-state index contributed by atoms with van der Waals surface area (Å²) in [6, 6.07) is 12.4. The first-order valence-corrected chi connectivity index (χ1v) is 5.91. The van der Waals surface area contributed by atoms with Gasteiger partial charge in [-0.2, -0.15) is 0 Å². The van der Waals surface area contributed by atoms with Crippen LogP contribution in [0.1, 0.15) is 15.9 Å². The van der Waals surface area contributed by atoms with Crippen LogP contribution in [0.4, 0.5) is 11.4 Å². The number of amides is 1. The highest BCUT2D eigenvalue weighted by Crippen LogP contribution is 2.20. The number of aryl methyl sites for hydroxylation is 1. The SMILES string of the molecule is COc1cccc(C(=O)Nc2cc(N)ccc2C)c1. The number of benzene rings is 2. The molecule has 2 aromatic carbocycles. The van der Waals surface area contributed by atoms with Gasteiger partial charge in [-0.15, -0.1) is 0 Å². The highest BCUT2D eigenvalue weighted by Gasteiger charge is 2.08. The lowest BCUT2D eigenvalue weighted by Gasteiger charge is -2.10. The lowest BCUT2D eigenvalue weighted by atomic mass is 10.1. The van der Waals surface area contributed by atoms with Crippen molar-refractivity contribution >= 4 is 17.3 Å². The maximum Gasteiger partial charge on any atom is 0.255 e. The van der Waals surface area contributed by atoms with Crippen LogP contribution >= 0.6 is 0 Å². The molecule has 0 saturated carbocycles. The predicted octanol–water partition coefficient (Wildman–Crippen LogP) is 2.84. The summed E-state index contributed by atoms with van der Waals surface area (Å²) < 4.78 is 5.10. The van der Waals surface area contributed by atoms with Crippen LogP contribution in [0.5, 0.6) is 5.75 Å². The Morgan fingerprint density at radius 3 is 2.74 bits per heavy atom. The lowest BCUT2D eigenvalue weighted by molar-refractivity contribution is 0.102. The monoisotopic (exact) mass is 256 g/mol. The third-order valence-corrected chi connectivity index (χ3v) is 2.84. The van der Waals surface area contributed by atoms with E-state index in [-0.39, 0.29) is 5.91 Å². The van der Waals surface area contributed by atoms with Crippen LogP contribution in [-0.2, 0) is 0 Å². The molecule has 0 radical (unpaired) electrons. The predicted molar refractivity (Wildman–Crippen MR) is 76.5 cm³/mol. The maximum atomic E-state index is 12.1. The number of ether oxygens (including phenoxy) is 1. The number of methoxy groups -OCH3 is 1. The Morgan fingerprint density at radius 1 is 1.21 bits per heavy atom. The number of hydrogen-bond donors (Lipinski definition) is 2. The summed E-state index contributed by atoms with van der Waals surface area (Å²) in [6.07, 6.45) is 0. The standard InChI is InChI=1S/C15H16N2O2/c1-10-6-7-12(16)9-14(10)17-15(18)11-4-3-5-13(8-11)19-2/h3-9H,16H2,1-2H3,(H,17,18). The third kappa shape index (κ3) is 3.04. The fourth-order valence-corrected chi connectivity index (χ4v) is 1.73. The molecule has 0 heterocycles. The van der Waals surface area contributed by atoms with Gasteiger partial charge in [0.05, 0.1) is 7.11 Å². The second-order valence-corrected chi connectivity index (χ2v) is 4.26. The molecule has 0 aliphatic rings. The minimum atomic E-state index is -0.187. The minimum Gasteiger partial charge on any atom is -0.497 e. The Hall–Kier alpha value is -2.49.